The third-order valence-corrected chi connectivity index (χ3v) is 3.54. The molecule has 2 atom stereocenters. The Morgan fingerprint density at radius 2 is 2.62 bits per heavy atom. The van der Waals surface area contributed by atoms with Crippen molar-refractivity contribution in [2.45, 2.75) is 25.7 Å². The molecule has 0 saturated carbocycles. The lowest BCUT2D eigenvalue weighted by molar-refractivity contribution is 0.314. The molecule has 1 aliphatic heterocycles. The first-order chi connectivity index (χ1) is 6.42. The Morgan fingerprint density at radius 3 is 3.31 bits per heavy atom. The van der Waals surface area contributed by atoms with Crippen molar-refractivity contribution in [3.63, 3.8) is 0 Å². The minimum absolute atomic E-state index is 0.706. The Labute approximate surface area is 83.5 Å². The molecule has 0 aromatic carbocycles. The van der Waals surface area contributed by atoms with Crippen LogP contribution in [0.15, 0.2) is 11.4 Å². The number of nitrogens with zero attached hydrogens (tertiary/aromatic N) is 1. The van der Waals surface area contributed by atoms with Gasteiger partial charge < -0.3 is 5.32 Å². The fourth-order valence-corrected chi connectivity index (χ4v) is 2.73. The van der Waals surface area contributed by atoms with Crippen LogP contribution in [0.3, 0.4) is 0 Å². The van der Waals surface area contributed by atoms with E-state index in [4.69, 9.17) is 0 Å². The minimum Gasteiger partial charge on any atom is -0.316 e. The van der Waals surface area contributed by atoms with E-state index < -0.39 is 0 Å². The van der Waals surface area contributed by atoms with Gasteiger partial charge in [-0.2, -0.15) is 4.37 Å². The van der Waals surface area contributed by atoms with E-state index in [1.807, 2.05) is 0 Å². The van der Waals surface area contributed by atoms with E-state index in [2.05, 4.69) is 28.1 Å². The first-order valence-corrected chi connectivity index (χ1v) is 5.86. The summed E-state index contributed by atoms with van der Waals surface area (Å²) in [5.41, 5.74) is 1.32. The highest BCUT2D eigenvalue weighted by molar-refractivity contribution is 7.03. The summed E-state index contributed by atoms with van der Waals surface area (Å²) in [4.78, 5) is 0. The summed E-state index contributed by atoms with van der Waals surface area (Å²) in [6.07, 6.45) is 2.51. The molecule has 72 valence electrons. The van der Waals surface area contributed by atoms with E-state index in [0.29, 0.717) is 5.92 Å². The summed E-state index contributed by atoms with van der Waals surface area (Å²) < 4.78 is 4.45. The SMILES string of the molecule is CCC1CNCCC1c1ccsn1. The number of nitrogens with one attached hydrogen (secondary N) is 1. The molecule has 2 rings (SSSR count). The Hall–Kier alpha value is -0.410. The summed E-state index contributed by atoms with van der Waals surface area (Å²) in [6.45, 7) is 4.59. The van der Waals surface area contributed by atoms with Crippen LogP contribution in [-0.2, 0) is 0 Å². The highest BCUT2D eigenvalue weighted by Gasteiger charge is 2.25. The maximum atomic E-state index is 4.45. The van der Waals surface area contributed by atoms with Gasteiger partial charge in [0.1, 0.15) is 0 Å². The maximum Gasteiger partial charge on any atom is 0.0576 e. The Kier molecular flexibility index (Phi) is 2.96. The maximum absolute atomic E-state index is 4.45. The van der Waals surface area contributed by atoms with Crippen LogP contribution < -0.4 is 5.32 Å². The summed E-state index contributed by atoms with van der Waals surface area (Å²) >= 11 is 1.58. The number of aromatic nitrogens is 1. The third kappa shape index (κ3) is 1.92. The molecular weight excluding hydrogens is 180 g/mol. The van der Waals surface area contributed by atoms with Crippen molar-refractivity contribution in [1.29, 1.82) is 0 Å². The monoisotopic (exact) mass is 196 g/mol. The predicted molar refractivity (Wildman–Crippen MR) is 56.1 cm³/mol. The van der Waals surface area contributed by atoms with Crippen LogP contribution in [-0.4, -0.2) is 17.5 Å². The topological polar surface area (TPSA) is 24.9 Å². The molecule has 1 aromatic rings. The van der Waals surface area contributed by atoms with Crippen molar-refractivity contribution >= 4 is 11.5 Å². The number of hydrogen-bond acceptors (Lipinski definition) is 3. The molecule has 1 aromatic heterocycles. The van der Waals surface area contributed by atoms with Crippen LogP contribution in [0.1, 0.15) is 31.4 Å². The van der Waals surface area contributed by atoms with Crippen molar-refractivity contribution in [3.05, 3.63) is 17.1 Å². The quantitative estimate of drug-likeness (QED) is 0.784. The van der Waals surface area contributed by atoms with Gasteiger partial charge >= 0.3 is 0 Å². The first kappa shape index (κ1) is 9.16. The number of piperidine rings is 1. The van der Waals surface area contributed by atoms with Gasteiger partial charge in [0, 0.05) is 11.3 Å². The van der Waals surface area contributed by atoms with Gasteiger partial charge in [-0.15, -0.1) is 0 Å². The van der Waals surface area contributed by atoms with E-state index in [0.717, 1.165) is 12.5 Å². The second-order valence-electron chi connectivity index (χ2n) is 3.69. The van der Waals surface area contributed by atoms with E-state index >= 15 is 0 Å². The lowest BCUT2D eigenvalue weighted by Crippen LogP contribution is -2.35. The van der Waals surface area contributed by atoms with E-state index in [-0.39, 0.29) is 0 Å². The second kappa shape index (κ2) is 4.20. The molecule has 1 N–H and O–H groups in total. The molecular formula is C10H16N2S. The largest absolute Gasteiger partial charge is 0.316 e. The van der Waals surface area contributed by atoms with Crippen LogP contribution in [0.5, 0.6) is 0 Å². The average Bonchev–Trinajstić information content (AvgIpc) is 2.70. The van der Waals surface area contributed by atoms with Crippen molar-refractivity contribution in [3.8, 4) is 0 Å². The van der Waals surface area contributed by atoms with E-state index in [1.165, 1.54) is 25.1 Å². The van der Waals surface area contributed by atoms with Crippen molar-refractivity contribution in [1.82, 2.24) is 9.69 Å². The molecule has 1 fully saturated rings. The molecule has 0 aliphatic carbocycles. The molecule has 0 bridgehead atoms. The van der Waals surface area contributed by atoms with Gasteiger partial charge in [0.25, 0.3) is 0 Å². The molecule has 1 saturated heterocycles. The fourth-order valence-electron chi connectivity index (χ4n) is 2.15. The average molecular weight is 196 g/mol. The van der Waals surface area contributed by atoms with Gasteiger partial charge in [-0.3, -0.25) is 0 Å². The summed E-state index contributed by atoms with van der Waals surface area (Å²) in [6, 6.07) is 2.18. The Morgan fingerprint density at radius 1 is 1.69 bits per heavy atom. The molecule has 3 heteroatoms. The standard InChI is InChI=1S/C10H16N2S/c1-2-8-7-11-5-3-9(8)10-4-6-13-12-10/h4,6,8-9,11H,2-3,5,7H2,1H3. The summed E-state index contributed by atoms with van der Waals surface area (Å²) in [7, 11) is 0. The minimum atomic E-state index is 0.706. The molecule has 13 heavy (non-hydrogen) atoms. The van der Waals surface area contributed by atoms with Gasteiger partial charge in [0.15, 0.2) is 0 Å². The molecule has 1 aliphatic rings. The zero-order valence-electron chi connectivity index (χ0n) is 7.99. The lowest BCUT2D eigenvalue weighted by atomic mass is 9.82. The first-order valence-electron chi connectivity index (χ1n) is 5.02. The molecule has 0 radical (unpaired) electrons. The van der Waals surface area contributed by atoms with Gasteiger partial charge in [-0.1, -0.05) is 13.3 Å². The highest BCUT2D eigenvalue weighted by Crippen LogP contribution is 2.31. The number of rotatable bonds is 2. The lowest BCUT2D eigenvalue weighted by Gasteiger charge is -2.30. The van der Waals surface area contributed by atoms with E-state index in [9.17, 15) is 0 Å². The Bertz CT molecular complexity index is 245. The van der Waals surface area contributed by atoms with Crippen LogP contribution in [0, 0.1) is 5.92 Å². The van der Waals surface area contributed by atoms with Crippen LogP contribution in [0.4, 0.5) is 0 Å². The fraction of sp³-hybridized carbons (Fsp3) is 0.700. The van der Waals surface area contributed by atoms with E-state index in [1.54, 1.807) is 11.5 Å². The van der Waals surface area contributed by atoms with Gasteiger partial charge in [0.05, 0.1) is 5.69 Å². The molecule has 0 spiro atoms. The van der Waals surface area contributed by atoms with Gasteiger partial charge in [-0.05, 0) is 43.0 Å². The second-order valence-corrected chi connectivity index (χ2v) is 4.36. The third-order valence-electron chi connectivity index (χ3n) is 2.97. The molecule has 2 heterocycles. The highest BCUT2D eigenvalue weighted by atomic mass is 32.1. The smallest absolute Gasteiger partial charge is 0.0576 e. The van der Waals surface area contributed by atoms with Crippen LogP contribution in [0.25, 0.3) is 0 Å². The normalized spacial score (nSPS) is 29.0. The zero-order valence-corrected chi connectivity index (χ0v) is 8.81. The molecule has 0 amide bonds. The summed E-state index contributed by atoms with van der Waals surface area (Å²) in [5.74, 6) is 1.49. The van der Waals surface area contributed by atoms with Crippen LogP contribution >= 0.6 is 11.5 Å². The predicted octanol–water partition coefficient (Wildman–Crippen LogP) is 2.25. The van der Waals surface area contributed by atoms with Gasteiger partial charge in [0.2, 0.25) is 0 Å². The van der Waals surface area contributed by atoms with Crippen molar-refractivity contribution in [2.24, 2.45) is 5.92 Å². The zero-order chi connectivity index (χ0) is 9.10. The molecule has 2 nitrogen and oxygen atoms in total. The van der Waals surface area contributed by atoms with Crippen molar-refractivity contribution in [2.75, 3.05) is 13.1 Å². The Balaban J connectivity index is 2.11. The molecule has 2 unspecified atom stereocenters. The van der Waals surface area contributed by atoms with Crippen LogP contribution in [0.2, 0.25) is 0 Å². The van der Waals surface area contributed by atoms with Gasteiger partial charge in [-0.25, -0.2) is 0 Å². The van der Waals surface area contributed by atoms with Crippen molar-refractivity contribution < 1.29 is 0 Å². The number of hydrogen-bond donors (Lipinski definition) is 1. The summed E-state index contributed by atoms with van der Waals surface area (Å²) in [5, 5.41) is 5.54.